The van der Waals surface area contributed by atoms with Gasteiger partial charge in [0.15, 0.2) is 0 Å². The molecule has 0 aromatic carbocycles. The molecule has 6 nitrogen and oxygen atoms in total. The van der Waals surface area contributed by atoms with Gasteiger partial charge in [0.05, 0.1) is 33.0 Å². The van der Waals surface area contributed by atoms with Crippen molar-refractivity contribution in [2.24, 2.45) is 17.8 Å². The molecule has 0 heterocycles. The third-order valence-corrected chi connectivity index (χ3v) is 5.73. The van der Waals surface area contributed by atoms with Crippen LogP contribution in [0.4, 0.5) is 0 Å². The maximum absolute atomic E-state index is 12.1. The fourth-order valence-electron chi connectivity index (χ4n) is 3.49. The summed E-state index contributed by atoms with van der Waals surface area (Å²) < 4.78 is 16.5. The smallest absolute Gasteiger partial charge is 0.222 e. The van der Waals surface area contributed by atoms with Gasteiger partial charge in [0, 0.05) is 30.9 Å². The normalized spacial score (nSPS) is 20.6. The molecule has 1 aliphatic rings. The second-order valence-corrected chi connectivity index (χ2v) is 8.56. The molecule has 1 saturated carbocycles. The van der Waals surface area contributed by atoms with Crippen LogP contribution < -0.4 is 5.32 Å². The van der Waals surface area contributed by atoms with Crippen LogP contribution in [0.1, 0.15) is 72.6 Å². The fraction of sp³-hybridized carbons (Fsp3) is 0.913. The standard InChI is InChI=1S/C23H43NO5/c1-5-19(4)10-12-27-14-16-29-17-15-28-13-11-22(25)24-21-8-6-20(7-9-21)23(26)18(2)3/h18-21H,5-17H2,1-4H3,(H,24,25). The lowest BCUT2D eigenvalue weighted by Crippen LogP contribution is -2.39. The maximum atomic E-state index is 12.1. The molecule has 6 heteroatoms. The van der Waals surface area contributed by atoms with E-state index < -0.39 is 0 Å². The summed E-state index contributed by atoms with van der Waals surface area (Å²) in [6.45, 7) is 11.7. The molecule has 0 radical (unpaired) electrons. The van der Waals surface area contributed by atoms with Crippen molar-refractivity contribution in [3.05, 3.63) is 0 Å². The van der Waals surface area contributed by atoms with Gasteiger partial charge in [-0.1, -0.05) is 34.1 Å². The minimum absolute atomic E-state index is 0.0271. The lowest BCUT2D eigenvalue weighted by atomic mass is 9.80. The highest BCUT2D eigenvalue weighted by atomic mass is 16.5. The van der Waals surface area contributed by atoms with E-state index in [0.29, 0.717) is 51.2 Å². The third-order valence-electron chi connectivity index (χ3n) is 5.73. The van der Waals surface area contributed by atoms with Gasteiger partial charge in [-0.25, -0.2) is 0 Å². The molecule has 0 saturated heterocycles. The van der Waals surface area contributed by atoms with Crippen molar-refractivity contribution in [3.8, 4) is 0 Å². The Balaban J connectivity index is 1.92. The Labute approximate surface area is 177 Å². The van der Waals surface area contributed by atoms with Crippen molar-refractivity contribution >= 4 is 11.7 Å². The summed E-state index contributed by atoms with van der Waals surface area (Å²) in [5.41, 5.74) is 0. The van der Waals surface area contributed by atoms with Crippen LogP contribution in [-0.2, 0) is 23.8 Å². The summed E-state index contributed by atoms with van der Waals surface area (Å²) in [5.74, 6) is 1.39. The van der Waals surface area contributed by atoms with E-state index in [1.54, 1.807) is 0 Å². The molecule has 1 N–H and O–H groups in total. The zero-order valence-electron chi connectivity index (χ0n) is 19.0. The van der Waals surface area contributed by atoms with E-state index in [1.165, 1.54) is 6.42 Å². The Morgan fingerprint density at radius 1 is 0.862 bits per heavy atom. The predicted molar refractivity (Wildman–Crippen MR) is 115 cm³/mol. The van der Waals surface area contributed by atoms with E-state index in [4.69, 9.17) is 14.2 Å². The molecule has 0 bridgehead atoms. The average molecular weight is 414 g/mol. The van der Waals surface area contributed by atoms with Crippen molar-refractivity contribution in [1.82, 2.24) is 5.32 Å². The molecule has 1 aliphatic carbocycles. The Bertz CT molecular complexity index is 447. The summed E-state index contributed by atoms with van der Waals surface area (Å²) >= 11 is 0. The molecule has 170 valence electrons. The van der Waals surface area contributed by atoms with Gasteiger partial charge in [0.2, 0.25) is 5.91 Å². The lowest BCUT2D eigenvalue weighted by molar-refractivity contribution is -0.127. The Morgan fingerprint density at radius 3 is 1.97 bits per heavy atom. The summed E-state index contributed by atoms with van der Waals surface area (Å²) in [5, 5.41) is 3.07. The van der Waals surface area contributed by atoms with E-state index in [0.717, 1.165) is 38.7 Å². The van der Waals surface area contributed by atoms with E-state index >= 15 is 0 Å². The molecule has 1 unspecified atom stereocenters. The van der Waals surface area contributed by atoms with Gasteiger partial charge in [-0.2, -0.15) is 0 Å². The number of carbonyl (C=O) groups is 2. The fourth-order valence-corrected chi connectivity index (χ4v) is 3.49. The summed E-state index contributed by atoms with van der Waals surface area (Å²) in [7, 11) is 0. The van der Waals surface area contributed by atoms with Crippen molar-refractivity contribution < 1.29 is 23.8 Å². The second-order valence-electron chi connectivity index (χ2n) is 8.56. The number of ether oxygens (including phenoxy) is 3. The highest BCUT2D eigenvalue weighted by molar-refractivity contribution is 5.83. The van der Waals surface area contributed by atoms with Crippen LogP contribution in [0.5, 0.6) is 0 Å². The summed E-state index contributed by atoms with van der Waals surface area (Å²) in [6.07, 6.45) is 6.21. The highest BCUT2D eigenvalue weighted by Crippen LogP contribution is 2.27. The highest BCUT2D eigenvalue weighted by Gasteiger charge is 2.28. The monoisotopic (exact) mass is 413 g/mol. The first kappa shape index (κ1) is 26.1. The van der Waals surface area contributed by atoms with Crippen LogP contribution in [0.15, 0.2) is 0 Å². The molecule has 1 fully saturated rings. The van der Waals surface area contributed by atoms with Gasteiger partial charge in [0.25, 0.3) is 0 Å². The average Bonchev–Trinajstić information content (AvgIpc) is 2.71. The molecule has 1 rings (SSSR count). The summed E-state index contributed by atoms with van der Waals surface area (Å²) in [6, 6.07) is 0.197. The molecule has 1 atom stereocenters. The van der Waals surface area contributed by atoms with E-state index in [2.05, 4.69) is 19.2 Å². The number of ketones is 1. The number of Topliss-reactive ketones (excluding diaryl/α,β-unsaturated/α-hetero) is 1. The van der Waals surface area contributed by atoms with Gasteiger partial charge in [0.1, 0.15) is 5.78 Å². The first-order valence-electron chi connectivity index (χ1n) is 11.5. The van der Waals surface area contributed by atoms with Crippen LogP contribution >= 0.6 is 0 Å². The lowest BCUT2D eigenvalue weighted by Gasteiger charge is -2.29. The molecular formula is C23H43NO5. The van der Waals surface area contributed by atoms with Gasteiger partial charge in [-0.3, -0.25) is 9.59 Å². The molecule has 1 amide bonds. The maximum Gasteiger partial charge on any atom is 0.222 e. The molecule has 0 spiro atoms. The zero-order valence-corrected chi connectivity index (χ0v) is 19.0. The van der Waals surface area contributed by atoms with Crippen molar-refractivity contribution in [2.45, 2.75) is 78.7 Å². The molecule has 29 heavy (non-hydrogen) atoms. The van der Waals surface area contributed by atoms with Gasteiger partial charge in [-0.05, 0) is 38.0 Å². The zero-order chi connectivity index (χ0) is 21.5. The topological polar surface area (TPSA) is 73.9 Å². The predicted octanol–water partition coefficient (Wildman–Crippen LogP) is 3.76. The largest absolute Gasteiger partial charge is 0.379 e. The number of hydrogen-bond acceptors (Lipinski definition) is 5. The minimum atomic E-state index is 0.0271. The number of carbonyl (C=O) groups excluding carboxylic acids is 2. The first-order valence-corrected chi connectivity index (χ1v) is 11.5. The summed E-state index contributed by atoms with van der Waals surface area (Å²) in [4.78, 5) is 24.1. The van der Waals surface area contributed by atoms with Gasteiger partial charge >= 0.3 is 0 Å². The molecular weight excluding hydrogens is 370 g/mol. The number of rotatable bonds is 16. The van der Waals surface area contributed by atoms with Gasteiger partial charge in [-0.15, -0.1) is 0 Å². The van der Waals surface area contributed by atoms with Crippen molar-refractivity contribution in [2.75, 3.05) is 39.6 Å². The number of amides is 1. The van der Waals surface area contributed by atoms with Crippen molar-refractivity contribution in [3.63, 3.8) is 0 Å². The van der Waals surface area contributed by atoms with Crippen molar-refractivity contribution in [1.29, 1.82) is 0 Å². The first-order chi connectivity index (χ1) is 13.9. The third kappa shape index (κ3) is 12.3. The van der Waals surface area contributed by atoms with E-state index in [1.807, 2.05) is 13.8 Å². The Hall–Kier alpha value is -0.980. The quantitative estimate of drug-likeness (QED) is 0.390. The van der Waals surface area contributed by atoms with Crippen LogP contribution in [0.25, 0.3) is 0 Å². The Morgan fingerprint density at radius 2 is 1.41 bits per heavy atom. The minimum Gasteiger partial charge on any atom is -0.379 e. The molecule has 0 aromatic heterocycles. The second kappa shape index (κ2) is 15.8. The van der Waals surface area contributed by atoms with Gasteiger partial charge < -0.3 is 19.5 Å². The Kier molecular flexibility index (Phi) is 14.2. The number of hydrogen-bond donors (Lipinski definition) is 1. The molecule has 0 aromatic rings. The van der Waals surface area contributed by atoms with Crippen LogP contribution in [-0.4, -0.2) is 57.4 Å². The van der Waals surface area contributed by atoms with Crippen LogP contribution in [0.2, 0.25) is 0 Å². The van der Waals surface area contributed by atoms with Crippen LogP contribution in [0.3, 0.4) is 0 Å². The SMILES string of the molecule is CCC(C)CCOCCOCCOCCC(=O)NC1CCC(C(=O)C(C)C)CC1. The van der Waals surface area contributed by atoms with E-state index in [-0.39, 0.29) is 23.8 Å². The van der Waals surface area contributed by atoms with E-state index in [9.17, 15) is 9.59 Å². The number of nitrogens with one attached hydrogen (secondary N) is 1. The molecule has 0 aliphatic heterocycles. The van der Waals surface area contributed by atoms with Crippen LogP contribution in [0, 0.1) is 17.8 Å².